The topological polar surface area (TPSA) is 94.4 Å². The number of hydrogen-bond donors (Lipinski definition) is 0. The van der Waals surface area contributed by atoms with Crippen molar-refractivity contribution in [1.29, 1.82) is 0 Å². The molecule has 0 aromatic carbocycles. The van der Waals surface area contributed by atoms with E-state index in [4.69, 9.17) is 11.2 Å². The Morgan fingerprint density at radius 2 is 2.29 bits per heavy atom. The van der Waals surface area contributed by atoms with Gasteiger partial charge in [0.05, 0.1) is 18.9 Å². The molecule has 0 atom stereocenters. The molecule has 9 heteroatoms. The van der Waals surface area contributed by atoms with Crippen LogP contribution in [0.1, 0.15) is 13.3 Å². The molecule has 0 saturated carbocycles. The highest BCUT2D eigenvalue weighted by atomic mass is 32.2. The molecule has 0 N–H and O–H groups in total. The van der Waals surface area contributed by atoms with Crippen LogP contribution in [0, 0.1) is 12.3 Å². The molecule has 21 heavy (non-hydrogen) atoms. The highest BCUT2D eigenvalue weighted by Gasteiger charge is 2.22. The third-order valence-corrected chi connectivity index (χ3v) is 3.99. The van der Waals surface area contributed by atoms with Gasteiger partial charge in [0, 0.05) is 13.7 Å². The number of aromatic nitrogens is 3. The number of amides is 1. The van der Waals surface area contributed by atoms with Crippen LogP contribution in [0.15, 0.2) is 11.5 Å². The van der Waals surface area contributed by atoms with Crippen molar-refractivity contribution >= 4 is 15.9 Å². The highest BCUT2D eigenvalue weighted by molar-refractivity contribution is 7.91. The zero-order valence-electron chi connectivity index (χ0n) is 12.0. The summed E-state index contributed by atoms with van der Waals surface area (Å²) >= 11 is 0. The molecule has 1 amide bonds. The van der Waals surface area contributed by atoms with E-state index in [1.165, 1.54) is 12.0 Å². The summed E-state index contributed by atoms with van der Waals surface area (Å²) in [5.41, 5.74) is 0. The van der Waals surface area contributed by atoms with Gasteiger partial charge >= 0.3 is 6.03 Å². The SMILES string of the molecule is C#CCN(CCC)C(=O)n1cnc(S(=O)(=O)CCOC)n1. The Morgan fingerprint density at radius 1 is 1.57 bits per heavy atom. The van der Waals surface area contributed by atoms with Gasteiger partial charge < -0.3 is 9.64 Å². The molecule has 8 nitrogen and oxygen atoms in total. The molecule has 0 radical (unpaired) electrons. The first kappa shape index (κ1) is 17.1. The Labute approximate surface area is 124 Å². The Kier molecular flexibility index (Phi) is 6.33. The molecule has 0 saturated heterocycles. The first-order chi connectivity index (χ1) is 9.96. The number of nitrogens with zero attached hydrogens (tertiary/aromatic N) is 4. The number of methoxy groups -OCH3 is 1. The van der Waals surface area contributed by atoms with Crippen LogP contribution in [-0.2, 0) is 14.6 Å². The lowest BCUT2D eigenvalue weighted by molar-refractivity contribution is 0.202. The minimum Gasteiger partial charge on any atom is -0.384 e. The number of carbonyl (C=O) groups is 1. The first-order valence-corrected chi connectivity index (χ1v) is 7.97. The fourth-order valence-corrected chi connectivity index (χ4v) is 2.52. The standard InChI is InChI=1S/C12H18N4O4S/c1-4-6-15(7-5-2)12(17)16-10-13-11(14-16)21(18,19)9-8-20-3/h1,10H,5-9H2,2-3H3. The molecular formula is C12H18N4O4S. The van der Waals surface area contributed by atoms with E-state index in [1.54, 1.807) is 0 Å². The van der Waals surface area contributed by atoms with E-state index in [1.807, 2.05) is 6.92 Å². The third kappa shape index (κ3) is 4.54. The van der Waals surface area contributed by atoms with Crippen molar-refractivity contribution in [1.82, 2.24) is 19.7 Å². The maximum absolute atomic E-state index is 12.2. The van der Waals surface area contributed by atoms with Crippen LogP contribution in [0.5, 0.6) is 0 Å². The molecule has 0 fully saturated rings. The number of ether oxygens (including phenoxy) is 1. The molecule has 0 aliphatic carbocycles. The number of hydrogen-bond acceptors (Lipinski definition) is 6. The summed E-state index contributed by atoms with van der Waals surface area (Å²) in [6.45, 7) is 2.51. The van der Waals surface area contributed by atoms with E-state index in [9.17, 15) is 13.2 Å². The molecule has 0 aliphatic heterocycles. The Hall–Kier alpha value is -1.92. The Morgan fingerprint density at radius 3 is 2.86 bits per heavy atom. The van der Waals surface area contributed by atoms with Gasteiger partial charge in [-0.2, -0.15) is 4.68 Å². The smallest absolute Gasteiger partial charge is 0.346 e. The molecule has 1 rings (SSSR count). The van der Waals surface area contributed by atoms with Crippen molar-refractivity contribution in [2.45, 2.75) is 18.5 Å². The first-order valence-electron chi connectivity index (χ1n) is 6.32. The predicted octanol–water partition coefficient (Wildman–Crippen LogP) is 0.0115. The summed E-state index contributed by atoms with van der Waals surface area (Å²) in [7, 11) is -2.27. The minimum atomic E-state index is -3.66. The molecular weight excluding hydrogens is 296 g/mol. The number of sulfone groups is 1. The lowest BCUT2D eigenvalue weighted by Gasteiger charge is -2.18. The summed E-state index contributed by atoms with van der Waals surface area (Å²) in [6, 6.07) is -0.504. The van der Waals surface area contributed by atoms with Crippen LogP contribution in [0.4, 0.5) is 4.79 Å². The van der Waals surface area contributed by atoms with Crippen LogP contribution in [0.25, 0.3) is 0 Å². The van der Waals surface area contributed by atoms with Crippen LogP contribution < -0.4 is 0 Å². The van der Waals surface area contributed by atoms with E-state index in [-0.39, 0.29) is 18.9 Å². The van der Waals surface area contributed by atoms with E-state index in [0.717, 1.165) is 17.4 Å². The summed E-state index contributed by atoms with van der Waals surface area (Å²) in [5, 5.41) is 3.32. The second-order valence-corrected chi connectivity index (χ2v) is 6.19. The van der Waals surface area contributed by atoms with Crippen molar-refractivity contribution in [2.24, 2.45) is 0 Å². The van der Waals surface area contributed by atoms with Gasteiger partial charge in [0.2, 0.25) is 9.84 Å². The maximum atomic E-state index is 12.2. The normalized spacial score (nSPS) is 11.1. The average molecular weight is 314 g/mol. The molecule has 1 aromatic heterocycles. The molecule has 0 aliphatic rings. The van der Waals surface area contributed by atoms with Crippen molar-refractivity contribution in [3.05, 3.63) is 6.33 Å². The monoisotopic (exact) mass is 314 g/mol. The van der Waals surface area contributed by atoms with Gasteiger partial charge in [-0.25, -0.2) is 18.2 Å². The fourth-order valence-electron chi connectivity index (χ4n) is 1.53. The molecule has 1 aromatic rings. The van der Waals surface area contributed by atoms with E-state index >= 15 is 0 Å². The largest absolute Gasteiger partial charge is 0.384 e. The Balaban J connectivity index is 2.92. The van der Waals surface area contributed by atoms with Crippen molar-refractivity contribution in [3.63, 3.8) is 0 Å². The molecule has 116 valence electrons. The highest BCUT2D eigenvalue weighted by Crippen LogP contribution is 2.05. The van der Waals surface area contributed by atoms with Gasteiger partial charge in [-0.15, -0.1) is 11.5 Å². The molecule has 1 heterocycles. The summed E-state index contributed by atoms with van der Waals surface area (Å²) < 4.78 is 29.3. The van der Waals surface area contributed by atoms with Crippen molar-refractivity contribution in [3.8, 4) is 12.3 Å². The number of rotatable bonds is 7. The van der Waals surface area contributed by atoms with Crippen LogP contribution in [-0.4, -0.2) is 66.7 Å². The average Bonchev–Trinajstić information content (AvgIpc) is 2.95. The van der Waals surface area contributed by atoms with E-state index < -0.39 is 21.0 Å². The maximum Gasteiger partial charge on any atom is 0.346 e. The second kappa shape index (κ2) is 7.75. The fraction of sp³-hybridized carbons (Fsp3) is 0.583. The van der Waals surface area contributed by atoms with Crippen LogP contribution in [0.2, 0.25) is 0 Å². The summed E-state index contributed by atoms with van der Waals surface area (Å²) in [4.78, 5) is 17.2. The number of terminal acetylenes is 1. The zero-order chi connectivity index (χ0) is 15.9. The van der Waals surface area contributed by atoms with E-state index in [0.29, 0.717) is 6.54 Å². The molecule has 0 spiro atoms. The second-order valence-electron chi connectivity index (χ2n) is 4.19. The third-order valence-electron chi connectivity index (χ3n) is 2.55. The summed E-state index contributed by atoms with van der Waals surface area (Å²) in [6.07, 6.45) is 7.00. The Bertz CT molecular complexity index is 617. The van der Waals surface area contributed by atoms with E-state index in [2.05, 4.69) is 16.0 Å². The predicted molar refractivity (Wildman–Crippen MR) is 75.4 cm³/mol. The lowest BCUT2D eigenvalue weighted by Crippen LogP contribution is -2.36. The summed E-state index contributed by atoms with van der Waals surface area (Å²) in [5.74, 6) is 2.13. The van der Waals surface area contributed by atoms with Crippen molar-refractivity contribution in [2.75, 3.05) is 32.6 Å². The van der Waals surface area contributed by atoms with Gasteiger partial charge in [-0.3, -0.25) is 0 Å². The molecule has 0 unspecified atom stereocenters. The zero-order valence-corrected chi connectivity index (χ0v) is 12.8. The van der Waals surface area contributed by atoms with Gasteiger partial charge in [0.1, 0.15) is 6.33 Å². The minimum absolute atomic E-state index is 0.0316. The number of carbonyl (C=O) groups excluding carboxylic acids is 1. The van der Waals surface area contributed by atoms with Crippen molar-refractivity contribution < 1.29 is 17.9 Å². The van der Waals surface area contributed by atoms with Gasteiger partial charge in [0.15, 0.2) is 0 Å². The molecule has 0 bridgehead atoms. The lowest BCUT2D eigenvalue weighted by atomic mass is 10.4. The van der Waals surface area contributed by atoms with Gasteiger partial charge in [-0.05, 0) is 6.42 Å². The van der Waals surface area contributed by atoms with Crippen LogP contribution >= 0.6 is 0 Å². The van der Waals surface area contributed by atoms with Crippen LogP contribution in [0.3, 0.4) is 0 Å². The quantitative estimate of drug-likeness (QED) is 0.658. The van der Waals surface area contributed by atoms with Gasteiger partial charge in [0.25, 0.3) is 5.16 Å². The van der Waals surface area contributed by atoms with Gasteiger partial charge in [-0.1, -0.05) is 12.8 Å².